The summed E-state index contributed by atoms with van der Waals surface area (Å²) in [6.07, 6.45) is 1.53. The summed E-state index contributed by atoms with van der Waals surface area (Å²) in [4.78, 5) is 17.0. The Hall–Kier alpha value is -2.19. The molecule has 6 nitrogen and oxygen atoms in total. The van der Waals surface area contributed by atoms with Gasteiger partial charge in [0, 0.05) is 24.7 Å². The van der Waals surface area contributed by atoms with E-state index in [-0.39, 0.29) is 21.2 Å². The van der Waals surface area contributed by atoms with Crippen LogP contribution in [0.15, 0.2) is 53.6 Å². The Morgan fingerprint density at radius 1 is 1.07 bits per heavy atom. The molecule has 0 saturated carbocycles. The molecular formula is C20H18Cl2N2O4S. The fraction of sp³-hybridized carbons (Fsp3) is 0.200. The standard InChI is InChI=1S/C20H18Cl2N2O4S/c1-3-24(4-2)29(26,27)14-8-5-7-13(11-14)20(25)28-19-17(22)12-16(21)15-9-6-10-23-18(15)19/h5-12H,3-4H2,1-2H3. The summed E-state index contributed by atoms with van der Waals surface area (Å²) < 4.78 is 32.2. The van der Waals surface area contributed by atoms with Crippen LogP contribution in [-0.2, 0) is 10.0 Å². The summed E-state index contributed by atoms with van der Waals surface area (Å²) in [5, 5.41) is 1.09. The largest absolute Gasteiger partial charge is 0.419 e. The SMILES string of the molecule is CCN(CC)S(=O)(=O)c1cccc(C(=O)Oc2c(Cl)cc(Cl)c3cccnc23)c1. The van der Waals surface area contributed by atoms with Gasteiger partial charge in [-0.05, 0) is 36.4 Å². The fourth-order valence-corrected chi connectivity index (χ4v) is 4.95. The van der Waals surface area contributed by atoms with Crippen molar-refractivity contribution in [1.29, 1.82) is 0 Å². The van der Waals surface area contributed by atoms with Gasteiger partial charge in [0.15, 0.2) is 5.75 Å². The lowest BCUT2D eigenvalue weighted by Gasteiger charge is -2.18. The second kappa shape index (κ2) is 8.67. The topological polar surface area (TPSA) is 76.6 Å². The molecule has 0 amide bonds. The van der Waals surface area contributed by atoms with Crippen molar-refractivity contribution in [2.45, 2.75) is 18.7 Å². The Morgan fingerprint density at radius 2 is 1.79 bits per heavy atom. The minimum absolute atomic E-state index is 0.0147. The molecule has 2 aromatic carbocycles. The molecule has 0 aliphatic heterocycles. The molecular weight excluding hydrogens is 435 g/mol. The van der Waals surface area contributed by atoms with Gasteiger partial charge in [-0.2, -0.15) is 4.31 Å². The van der Waals surface area contributed by atoms with E-state index in [0.717, 1.165) is 0 Å². The molecule has 0 atom stereocenters. The first kappa shape index (κ1) is 21.5. The Bertz CT molecular complexity index is 1180. The van der Waals surface area contributed by atoms with Crippen molar-refractivity contribution in [2.24, 2.45) is 0 Å². The van der Waals surface area contributed by atoms with Crippen LogP contribution in [-0.4, -0.2) is 36.8 Å². The summed E-state index contributed by atoms with van der Waals surface area (Å²) in [5.74, 6) is -0.688. The lowest BCUT2D eigenvalue weighted by molar-refractivity contribution is 0.0736. The third-order valence-electron chi connectivity index (χ3n) is 4.36. The molecule has 0 aliphatic rings. The van der Waals surface area contributed by atoms with Crippen LogP contribution in [0.25, 0.3) is 10.9 Å². The van der Waals surface area contributed by atoms with Crippen LogP contribution < -0.4 is 4.74 Å². The molecule has 0 aliphatic carbocycles. The van der Waals surface area contributed by atoms with E-state index in [4.69, 9.17) is 27.9 Å². The van der Waals surface area contributed by atoms with Crippen molar-refractivity contribution in [3.8, 4) is 5.75 Å². The van der Waals surface area contributed by atoms with Crippen LogP contribution >= 0.6 is 23.2 Å². The number of ether oxygens (including phenoxy) is 1. The number of hydrogen-bond acceptors (Lipinski definition) is 5. The second-order valence-electron chi connectivity index (χ2n) is 6.08. The number of rotatable bonds is 6. The number of benzene rings is 2. The molecule has 3 rings (SSSR count). The first-order chi connectivity index (χ1) is 13.8. The second-order valence-corrected chi connectivity index (χ2v) is 8.83. The first-order valence-corrected chi connectivity index (χ1v) is 11.0. The molecule has 9 heteroatoms. The summed E-state index contributed by atoms with van der Waals surface area (Å²) in [7, 11) is -3.71. The molecule has 0 N–H and O–H groups in total. The molecule has 3 aromatic rings. The monoisotopic (exact) mass is 452 g/mol. The van der Waals surface area contributed by atoms with Crippen molar-refractivity contribution in [3.05, 3.63) is 64.3 Å². The van der Waals surface area contributed by atoms with E-state index in [0.29, 0.717) is 29.0 Å². The van der Waals surface area contributed by atoms with Crippen molar-refractivity contribution < 1.29 is 17.9 Å². The van der Waals surface area contributed by atoms with Gasteiger partial charge in [-0.25, -0.2) is 13.2 Å². The molecule has 1 aromatic heterocycles. The summed E-state index contributed by atoms with van der Waals surface area (Å²) in [5.41, 5.74) is 0.415. The molecule has 1 heterocycles. The molecule has 0 saturated heterocycles. The zero-order chi connectivity index (χ0) is 21.2. The molecule has 152 valence electrons. The smallest absolute Gasteiger partial charge is 0.343 e. The van der Waals surface area contributed by atoms with Crippen molar-refractivity contribution in [1.82, 2.24) is 9.29 Å². The highest BCUT2D eigenvalue weighted by molar-refractivity contribution is 7.89. The first-order valence-electron chi connectivity index (χ1n) is 8.84. The lowest BCUT2D eigenvalue weighted by atomic mass is 10.2. The van der Waals surface area contributed by atoms with Gasteiger partial charge in [0.25, 0.3) is 0 Å². The highest BCUT2D eigenvalue weighted by Crippen LogP contribution is 2.37. The summed E-state index contributed by atoms with van der Waals surface area (Å²) in [6.45, 7) is 4.15. The van der Waals surface area contributed by atoms with Crippen LogP contribution in [0.1, 0.15) is 24.2 Å². The molecule has 0 spiro atoms. The van der Waals surface area contributed by atoms with Crippen molar-refractivity contribution in [2.75, 3.05) is 13.1 Å². The Labute approximate surface area is 179 Å². The van der Waals surface area contributed by atoms with Gasteiger partial charge in [0.2, 0.25) is 10.0 Å². The number of carbonyl (C=O) groups is 1. The Morgan fingerprint density at radius 3 is 2.48 bits per heavy atom. The van der Waals surface area contributed by atoms with Gasteiger partial charge < -0.3 is 4.74 Å². The average Bonchev–Trinajstić information content (AvgIpc) is 2.71. The number of nitrogens with zero attached hydrogens (tertiary/aromatic N) is 2. The zero-order valence-corrected chi connectivity index (χ0v) is 18.1. The van der Waals surface area contributed by atoms with Crippen LogP contribution in [0.3, 0.4) is 0 Å². The normalized spacial score (nSPS) is 11.8. The number of pyridine rings is 1. The van der Waals surface area contributed by atoms with E-state index in [1.165, 1.54) is 40.8 Å². The van der Waals surface area contributed by atoms with Crippen LogP contribution in [0.4, 0.5) is 0 Å². The van der Waals surface area contributed by atoms with Crippen LogP contribution in [0.5, 0.6) is 5.75 Å². The number of esters is 1. The maximum absolute atomic E-state index is 12.7. The van der Waals surface area contributed by atoms with Crippen molar-refractivity contribution >= 4 is 50.1 Å². The maximum Gasteiger partial charge on any atom is 0.343 e. The van der Waals surface area contributed by atoms with E-state index in [1.807, 2.05) is 0 Å². The molecule has 0 fully saturated rings. The number of carbonyl (C=O) groups excluding carboxylic acids is 1. The minimum Gasteiger partial charge on any atom is -0.419 e. The minimum atomic E-state index is -3.71. The molecule has 0 radical (unpaired) electrons. The number of fused-ring (bicyclic) bond motifs is 1. The van der Waals surface area contributed by atoms with E-state index in [1.54, 1.807) is 26.0 Å². The number of hydrogen-bond donors (Lipinski definition) is 0. The van der Waals surface area contributed by atoms with Crippen LogP contribution in [0.2, 0.25) is 10.0 Å². The number of halogens is 2. The van der Waals surface area contributed by atoms with Gasteiger partial charge >= 0.3 is 5.97 Å². The summed E-state index contributed by atoms with van der Waals surface area (Å²) in [6, 6.07) is 10.6. The Balaban J connectivity index is 1.99. The van der Waals surface area contributed by atoms with Gasteiger partial charge in [-0.3, -0.25) is 4.98 Å². The van der Waals surface area contributed by atoms with Gasteiger partial charge in [-0.15, -0.1) is 0 Å². The number of aromatic nitrogens is 1. The number of sulfonamides is 1. The molecule has 0 bridgehead atoms. The molecule has 0 unspecified atom stereocenters. The lowest BCUT2D eigenvalue weighted by Crippen LogP contribution is -2.30. The van der Waals surface area contributed by atoms with E-state index in [2.05, 4.69) is 4.98 Å². The Kier molecular flexibility index (Phi) is 6.43. The zero-order valence-electron chi connectivity index (χ0n) is 15.7. The predicted octanol–water partition coefficient (Wildman–Crippen LogP) is 4.79. The quantitative estimate of drug-likeness (QED) is 0.396. The van der Waals surface area contributed by atoms with Gasteiger partial charge in [0.05, 0.1) is 20.5 Å². The average molecular weight is 453 g/mol. The molecule has 29 heavy (non-hydrogen) atoms. The van der Waals surface area contributed by atoms with E-state index < -0.39 is 16.0 Å². The fourth-order valence-electron chi connectivity index (χ4n) is 2.89. The summed E-state index contributed by atoms with van der Waals surface area (Å²) >= 11 is 12.4. The highest BCUT2D eigenvalue weighted by Gasteiger charge is 2.23. The van der Waals surface area contributed by atoms with E-state index in [9.17, 15) is 13.2 Å². The van der Waals surface area contributed by atoms with E-state index >= 15 is 0 Å². The third-order valence-corrected chi connectivity index (χ3v) is 7.00. The van der Waals surface area contributed by atoms with Gasteiger partial charge in [-0.1, -0.05) is 43.1 Å². The third kappa shape index (κ3) is 4.23. The highest BCUT2D eigenvalue weighted by atomic mass is 35.5. The van der Waals surface area contributed by atoms with Crippen molar-refractivity contribution in [3.63, 3.8) is 0 Å². The predicted molar refractivity (Wildman–Crippen MR) is 113 cm³/mol. The maximum atomic E-state index is 12.7. The van der Waals surface area contributed by atoms with Crippen LogP contribution in [0, 0.1) is 0 Å². The van der Waals surface area contributed by atoms with Gasteiger partial charge in [0.1, 0.15) is 5.52 Å².